The molecule has 0 heterocycles. The van der Waals surface area contributed by atoms with Crippen LogP contribution in [0.1, 0.15) is 13.3 Å². The van der Waals surface area contributed by atoms with Gasteiger partial charge in [0.1, 0.15) is 6.11 Å². The van der Waals surface area contributed by atoms with Crippen LogP contribution in [0.25, 0.3) is 0 Å². The molecule has 0 rings (SSSR count). The van der Waals surface area contributed by atoms with Gasteiger partial charge in [-0.05, 0) is 12.3 Å². The van der Waals surface area contributed by atoms with Gasteiger partial charge in [0.05, 0.1) is 0 Å². The number of nitrogens with two attached hydrogens (primary N) is 1. The summed E-state index contributed by atoms with van der Waals surface area (Å²) in [7, 11) is 0. The predicted molar refractivity (Wildman–Crippen MR) is 34.5 cm³/mol. The summed E-state index contributed by atoms with van der Waals surface area (Å²) in [6.07, 6.45) is 0.677. The zero-order valence-corrected chi connectivity index (χ0v) is 5.63. The molecule has 0 aromatic heterocycles. The van der Waals surface area contributed by atoms with Crippen LogP contribution in [0.3, 0.4) is 0 Å². The molecule has 10 heavy (non-hydrogen) atoms. The third-order valence-electron chi connectivity index (χ3n) is 0.855. The van der Waals surface area contributed by atoms with Crippen molar-refractivity contribution < 1.29 is 14.6 Å². The van der Waals surface area contributed by atoms with E-state index in [1.54, 1.807) is 13.0 Å². The Balaban J connectivity index is 3.79. The Hall–Kier alpha value is -1.37. The summed E-state index contributed by atoms with van der Waals surface area (Å²) in [4.78, 5) is 10.1. The minimum atomic E-state index is -0.880. The van der Waals surface area contributed by atoms with Gasteiger partial charge < -0.3 is 15.6 Å². The molecule has 0 aliphatic carbocycles. The Kier molecular flexibility index (Phi) is 3.89. The van der Waals surface area contributed by atoms with Gasteiger partial charge in [0.2, 0.25) is 0 Å². The molecule has 0 aromatic carbocycles. The molecule has 0 saturated heterocycles. The first kappa shape index (κ1) is 8.63. The number of amides is 1. The van der Waals surface area contributed by atoms with E-state index in [2.05, 4.69) is 16.4 Å². The molecule has 4 heteroatoms. The summed E-state index contributed by atoms with van der Waals surface area (Å²) in [6, 6.07) is 0. The molecule has 0 aliphatic heterocycles. The van der Waals surface area contributed by atoms with Gasteiger partial charge in [0.15, 0.2) is 6.10 Å². The van der Waals surface area contributed by atoms with Gasteiger partial charge in [-0.3, -0.25) is 0 Å². The van der Waals surface area contributed by atoms with Crippen LogP contribution in [0.15, 0.2) is 0 Å². The van der Waals surface area contributed by atoms with E-state index >= 15 is 0 Å². The highest BCUT2D eigenvalue weighted by Gasteiger charge is 2.04. The van der Waals surface area contributed by atoms with E-state index in [0.717, 1.165) is 0 Å². The number of aliphatic hydroxyl groups is 1. The van der Waals surface area contributed by atoms with Gasteiger partial charge >= 0.3 is 6.09 Å². The van der Waals surface area contributed by atoms with Crippen molar-refractivity contribution >= 4 is 6.09 Å². The van der Waals surface area contributed by atoms with E-state index < -0.39 is 12.2 Å². The zero-order chi connectivity index (χ0) is 7.98. The largest absolute Gasteiger partial charge is 0.462 e. The number of hydrogen-bond donors (Lipinski definition) is 2. The van der Waals surface area contributed by atoms with Crippen molar-refractivity contribution in [3.05, 3.63) is 0 Å². The van der Waals surface area contributed by atoms with Crippen molar-refractivity contribution in [2.24, 2.45) is 5.73 Å². The maximum Gasteiger partial charge on any atom is 0.405 e. The summed E-state index contributed by atoms with van der Waals surface area (Å²) in [5.74, 6) is 2.25. The van der Waals surface area contributed by atoms with Crippen LogP contribution in [0.2, 0.25) is 0 Å². The predicted octanol–water partition coefficient (Wildman–Crippen LogP) is 0.194. The molecule has 1 unspecified atom stereocenters. The molecule has 1 atom stereocenters. The van der Waals surface area contributed by atoms with Crippen LogP contribution in [-0.2, 0) is 4.74 Å². The number of ether oxygens (including phenoxy) is 1. The lowest BCUT2D eigenvalue weighted by Crippen LogP contribution is -2.20. The van der Waals surface area contributed by atoms with Gasteiger partial charge in [0, 0.05) is 0 Å². The third-order valence-corrected chi connectivity index (χ3v) is 0.855. The standard InChI is InChI=1S/C6H9NO3/c1-2-5(3-4-8)10-6(7)9/h5,8H,2H2,1H3,(H2,7,9). The van der Waals surface area contributed by atoms with E-state index in [9.17, 15) is 4.79 Å². The highest BCUT2D eigenvalue weighted by Crippen LogP contribution is 1.94. The number of hydrogen-bond acceptors (Lipinski definition) is 3. The van der Waals surface area contributed by atoms with Gasteiger partial charge in [-0.25, -0.2) is 4.79 Å². The zero-order valence-electron chi connectivity index (χ0n) is 5.63. The summed E-state index contributed by atoms with van der Waals surface area (Å²) < 4.78 is 4.45. The van der Waals surface area contributed by atoms with Crippen LogP contribution in [-0.4, -0.2) is 17.3 Å². The second kappa shape index (κ2) is 4.50. The minimum Gasteiger partial charge on any atom is -0.462 e. The van der Waals surface area contributed by atoms with Crippen LogP contribution in [0.4, 0.5) is 4.79 Å². The molecule has 0 aliphatic rings. The highest BCUT2D eigenvalue weighted by molar-refractivity contribution is 5.65. The average molecular weight is 143 g/mol. The van der Waals surface area contributed by atoms with E-state index in [1.165, 1.54) is 0 Å². The fraction of sp³-hybridized carbons (Fsp3) is 0.500. The molecule has 0 saturated carbocycles. The molecule has 0 aromatic rings. The lowest BCUT2D eigenvalue weighted by molar-refractivity contribution is 0.131. The second-order valence-electron chi connectivity index (χ2n) is 1.59. The van der Waals surface area contributed by atoms with Crippen molar-refractivity contribution in [3.63, 3.8) is 0 Å². The normalized spacial score (nSPS) is 10.9. The molecule has 3 N–H and O–H groups in total. The van der Waals surface area contributed by atoms with Crippen molar-refractivity contribution in [1.82, 2.24) is 0 Å². The number of rotatable bonds is 2. The van der Waals surface area contributed by atoms with Gasteiger partial charge in [-0.15, -0.1) is 0 Å². The quantitative estimate of drug-likeness (QED) is 0.542. The van der Waals surface area contributed by atoms with Crippen LogP contribution in [0.5, 0.6) is 0 Å². The third kappa shape index (κ3) is 3.61. The maximum atomic E-state index is 10.1. The van der Waals surface area contributed by atoms with Gasteiger partial charge in [-0.1, -0.05) is 6.92 Å². The monoisotopic (exact) mass is 143 g/mol. The Labute approximate surface area is 59.0 Å². The van der Waals surface area contributed by atoms with Crippen LogP contribution < -0.4 is 5.73 Å². The van der Waals surface area contributed by atoms with Crippen molar-refractivity contribution in [3.8, 4) is 12.0 Å². The first-order valence-electron chi connectivity index (χ1n) is 2.81. The van der Waals surface area contributed by atoms with Gasteiger partial charge in [-0.2, -0.15) is 0 Å². The first-order valence-corrected chi connectivity index (χ1v) is 2.81. The Morgan fingerprint density at radius 1 is 1.90 bits per heavy atom. The van der Waals surface area contributed by atoms with Crippen molar-refractivity contribution in [2.75, 3.05) is 0 Å². The molecular weight excluding hydrogens is 134 g/mol. The van der Waals surface area contributed by atoms with E-state index in [-0.39, 0.29) is 0 Å². The van der Waals surface area contributed by atoms with Crippen LogP contribution >= 0.6 is 0 Å². The van der Waals surface area contributed by atoms with E-state index in [0.29, 0.717) is 6.42 Å². The number of primary amides is 1. The lowest BCUT2D eigenvalue weighted by Gasteiger charge is -2.05. The van der Waals surface area contributed by atoms with E-state index in [1.807, 2.05) is 0 Å². The fourth-order valence-electron chi connectivity index (χ4n) is 0.427. The molecule has 0 radical (unpaired) electrons. The smallest absolute Gasteiger partial charge is 0.405 e. The summed E-state index contributed by atoms with van der Waals surface area (Å²) in [6.45, 7) is 1.76. The van der Waals surface area contributed by atoms with Crippen molar-refractivity contribution in [1.29, 1.82) is 0 Å². The minimum absolute atomic E-state index is 0.510. The Morgan fingerprint density at radius 2 is 2.50 bits per heavy atom. The van der Waals surface area contributed by atoms with Gasteiger partial charge in [0.25, 0.3) is 0 Å². The second-order valence-corrected chi connectivity index (χ2v) is 1.59. The molecular formula is C6H9NO3. The fourth-order valence-corrected chi connectivity index (χ4v) is 0.427. The van der Waals surface area contributed by atoms with Crippen LogP contribution in [0, 0.1) is 12.0 Å². The number of aliphatic hydroxyl groups excluding tert-OH is 1. The summed E-state index contributed by atoms with van der Waals surface area (Å²) >= 11 is 0. The number of carbonyl (C=O) groups is 1. The molecule has 0 fully saturated rings. The lowest BCUT2D eigenvalue weighted by atomic mass is 10.3. The summed E-state index contributed by atoms with van der Waals surface area (Å²) in [5.41, 5.74) is 4.69. The Morgan fingerprint density at radius 3 is 2.80 bits per heavy atom. The number of carbonyl (C=O) groups excluding carboxylic acids is 1. The first-order chi connectivity index (χ1) is 4.70. The topological polar surface area (TPSA) is 72.6 Å². The molecule has 1 amide bonds. The SMILES string of the molecule is CCC(C#CO)OC(N)=O. The molecule has 0 spiro atoms. The molecule has 4 nitrogen and oxygen atoms in total. The average Bonchev–Trinajstić information content (AvgIpc) is 1.86. The Bertz CT molecular complexity index is 168. The maximum absolute atomic E-state index is 10.1. The molecule has 56 valence electrons. The summed E-state index contributed by atoms with van der Waals surface area (Å²) in [5, 5.41) is 8.09. The highest BCUT2D eigenvalue weighted by atomic mass is 16.6. The molecule has 0 bridgehead atoms. The van der Waals surface area contributed by atoms with Crippen molar-refractivity contribution in [2.45, 2.75) is 19.4 Å². The van der Waals surface area contributed by atoms with E-state index in [4.69, 9.17) is 5.11 Å².